The van der Waals surface area contributed by atoms with Gasteiger partial charge in [-0.2, -0.15) is 10.5 Å². The van der Waals surface area contributed by atoms with Crippen LogP contribution in [0.3, 0.4) is 0 Å². The molecule has 1 saturated carbocycles. The number of nitriles is 2. The van der Waals surface area contributed by atoms with Crippen LogP contribution >= 0.6 is 23.5 Å². The Kier molecular flexibility index (Phi) is 3.83. The third-order valence-corrected chi connectivity index (χ3v) is 8.23. The van der Waals surface area contributed by atoms with Crippen molar-refractivity contribution < 1.29 is 9.47 Å². The van der Waals surface area contributed by atoms with Gasteiger partial charge in [-0.3, -0.25) is 0 Å². The number of benzene rings is 1. The topological polar surface area (TPSA) is 104 Å². The summed E-state index contributed by atoms with van der Waals surface area (Å²) in [4.78, 5) is 4.68. The zero-order valence-electron chi connectivity index (χ0n) is 14.5. The van der Waals surface area contributed by atoms with Crippen LogP contribution in [0.2, 0.25) is 0 Å². The van der Waals surface area contributed by atoms with Crippen LogP contribution in [0.5, 0.6) is 11.5 Å². The molecule has 134 valence electrons. The van der Waals surface area contributed by atoms with Crippen LogP contribution in [0.25, 0.3) is 0 Å². The van der Waals surface area contributed by atoms with Crippen molar-refractivity contribution in [2.45, 2.75) is 24.0 Å². The summed E-state index contributed by atoms with van der Waals surface area (Å²) in [7, 11) is 0. The highest BCUT2D eigenvalue weighted by Crippen LogP contribution is 2.85. The van der Waals surface area contributed by atoms with Gasteiger partial charge >= 0.3 is 0 Å². The van der Waals surface area contributed by atoms with E-state index in [1.807, 2.05) is 32.0 Å². The molecule has 3 atom stereocenters. The number of fused-ring (bicyclic) bond motifs is 2. The average molecular weight is 387 g/mol. The third kappa shape index (κ3) is 1.77. The van der Waals surface area contributed by atoms with Gasteiger partial charge in [-0.1, -0.05) is 19.9 Å². The minimum Gasteiger partial charge on any atom is -0.454 e. The molecule has 4 rings (SSSR count). The van der Waals surface area contributed by atoms with Gasteiger partial charge in [0.15, 0.2) is 15.7 Å². The van der Waals surface area contributed by atoms with Gasteiger partial charge in [0.25, 0.3) is 0 Å². The molecule has 0 saturated heterocycles. The lowest BCUT2D eigenvalue weighted by Gasteiger charge is -2.31. The van der Waals surface area contributed by atoms with E-state index in [0.29, 0.717) is 11.5 Å². The maximum absolute atomic E-state index is 10.3. The summed E-state index contributed by atoms with van der Waals surface area (Å²) < 4.78 is 10.1. The number of aliphatic imine (C=N–C) groups is 1. The van der Waals surface area contributed by atoms with Gasteiger partial charge in [0.05, 0.1) is 12.1 Å². The van der Waals surface area contributed by atoms with Gasteiger partial charge in [0.1, 0.15) is 16.7 Å². The number of amidine groups is 1. The van der Waals surface area contributed by atoms with Crippen molar-refractivity contribution in [3.05, 3.63) is 23.8 Å². The molecule has 2 N–H and O–H groups in total. The fourth-order valence-corrected chi connectivity index (χ4v) is 7.60. The van der Waals surface area contributed by atoms with E-state index < -0.39 is 15.0 Å². The van der Waals surface area contributed by atoms with E-state index in [1.54, 1.807) is 23.5 Å². The highest BCUT2D eigenvalue weighted by molar-refractivity contribution is 8.18. The van der Waals surface area contributed by atoms with Crippen LogP contribution in [0.15, 0.2) is 23.2 Å². The molecule has 1 aromatic carbocycles. The predicted molar refractivity (Wildman–Crippen MR) is 102 cm³/mol. The molecule has 26 heavy (non-hydrogen) atoms. The summed E-state index contributed by atoms with van der Waals surface area (Å²) >= 11 is 3.18. The average Bonchev–Trinajstić information content (AvgIpc) is 2.88. The van der Waals surface area contributed by atoms with Crippen molar-refractivity contribution in [3.63, 3.8) is 0 Å². The Hall–Kier alpha value is -2.03. The Morgan fingerprint density at radius 2 is 1.88 bits per heavy atom. The highest BCUT2D eigenvalue weighted by Gasteiger charge is 2.91. The molecule has 3 unspecified atom stereocenters. The van der Waals surface area contributed by atoms with Crippen LogP contribution in [0, 0.1) is 33.5 Å². The monoisotopic (exact) mass is 386 g/mol. The SMILES string of the molecule is CCSC1(SCC)N=C(N)C2(C#N)C(c3ccc4c(c3)OCO4)C12C#N. The summed E-state index contributed by atoms with van der Waals surface area (Å²) in [6, 6.07) is 10.5. The molecule has 1 fully saturated rings. The summed E-state index contributed by atoms with van der Waals surface area (Å²) in [5.74, 6) is 2.81. The first-order chi connectivity index (χ1) is 12.6. The summed E-state index contributed by atoms with van der Waals surface area (Å²) in [6.45, 7) is 4.24. The first-order valence-corrected chi connectivity index (χ1v) is 10.4. The zero-order chi connectivity index (χ0) is 18.6. The summed E-state index contributed by atoms with van der Waals surface area (Å²) in [5.41, 5.74) is 5.08. The summed E-state index contributed by atoms with van der Waals surface area (Å²) in [5, 5.41) is 20.4. The first-order valence-electron chi connectivity index (χ1n) is 8.42. The maximum Gasteiger partial charge on any atom is 0.231 e. The van der Waals surface area contributed by atoms with E-state index >= 15 is 0 Å². The zero-order valence-corrected chi connectivity index (χ0v) is 16.1. The van der Waals surface area contributed by atoms with Crippen molar-refractivity contribution in [1.29, 1.82) is 10.5 Å². The number of nitrogens with zero attached hydrogens (tertiary/aromatic N) is 3. The molecule has 2 heterocycles. The summed E-state index contributed by atoms with van der Waals surface area (Å²) in [6.07, 6.45) is 0. The second kappa shape index (κ2) is 5.73. The number of nitrogens with two attached hydrogens (primary N) is 1. The fourth-order valence-electron chi connectivity index (χ4n) is 4.34. The van der Waals surface area contributed by atoms with Crippen molar-refractivity contribution in [2.75, 3.05) is 18.3 Å². The molecule has 6 nitrogen and oxygen atoms in total. The molecule has 1 aliphatic carbocycles. The minimum absolute atomic E-state index is 0.182. The van der Waals surface area contributed by atoms with Gasteiger partial charge in [-0.25, -0.2) is 4.99 Å². The molecule has 0 amide bonds. The van der Waals surface area contributed by atoms with E-state index in [-0.39, 0.29) is 18.5 Å². The number of hydrogen-bond acceptors (Lipinski definition) is 8. The van der Waals surface area contributed by atoms with Crippen LogP contribution in [0.1, 0.15) is 25.3 Å². The molecular formula is C18H18N4O2S2. The van der Waals surface area contributed by atoms with Crippen molar-refractivity contribution in [3.8, 4) is 23.6 Å². The number of hydrogen-bond donors (Lipinski definition) is 1. The lowest BCUT2D eigenvalue weighted by Crippen LogP contribution is -2.31. The Morgan fingerprint density at radius 1 is 1.19 bits per heavy atom. The predicted octanol–water partition coefficient (Wildman–Crippen LogP) is 3.06. The Labute approximate surface area is 160 Å². The van der Waals surface area contributed by atoms with E-state index in [1.165, 1.54) is 0 Å². The van der Waals surface area contributed by atoms with Crippen LogP contribution < -0.4 is 15.2 Å². The number of thioether (sulfide) groups is 2. The lowest BCUT2D eigenvalue weighted by molar-refractivity contribution is 0.174. The smallest absolute Gasteiger partial charge is 0.231 e. The minimum atomic E-state index is -1.10. The van der Waals surface area contributed by atoms with E-state index in [0.717, 1.165) is 17.1 Å². The van der Waals surface area contributed by atoms with Gasteiger partial charge in [-0.15, -0.1) is 23.5 Å². The van der Waals surface area contributed by atoms with Crippen molar-refractivity contribution in [2.24, 2.45) is 21.6 Å². The van der Waals surface area contributed by atoms with Crippen LogP contribution in [-0.4, -0.2) is 28.3 Å². The molecule has 0 bridgehead atoms. The Balaban J connectivity index is 1.89. The fraction of sp³-hybridized carbons (Fsp3) is 0.500. The van der Waals surface area contributed by atoms with Crippen molar-refractivity contribution >= 4 is 29.4 Å². The molecule has 8 heteroatoms. The molecule has 0 spiro atoms. The number of ether oxygens (including phenoxy) is 2. The third-order valence-electron chi connectivity index (χ3n) is 5.34. The molecule has 1 aromatic rings. The second-order valence-electron chi connectivity index (χ2n) is 6.33. The van der Waals surface area contributed by atoms with Crippen molar-refractivity contribution in [1.82, 2.24) is 0 Å². The molecule has 2 aliphatic heterocycles. The standard InChI is InChI=1S/C18H18N4O2S2/c1-3-25-18(26-4-2)17(9-20)14(16(17,8-19)15(21)22-18)11-5-6-12-13(7-11)24-10-23-12/h5-7,14H,3-4,10H2,1-2H3,(H2,21,22). The molecule has 0 radical (unpaired) electrons. The van der Waals surface area contributed by atoms with E-state index in [4.69, 9.17) is 15.2 Å². The maximum atomic E-state index is 10.3. The molecule has 0 aromatic heterocycles. The number of rotatable bonds is 5. The quantitative estimate of drug-likeness (QED) is 0.775. The van der Waals surface area contributed by atoms with Crippen LogP contribution in [0.4, 0.5) is 0 Å². The van der Waals surface area contributed by atoms with Gasteiger partial charge in [-0.05, 0) is 29.2 Å². The van der Waals surface area contributed by atoms with Gasteiger partial charge in [0, 0.05) is 5.92 Å². The largest absolute Gasteiger partial charge is 0.454 e. The Bertz CT molecular complexity index is 884. The molecule has 3 aliphatic rings. The van der Waals surface area contributed by atoms with Gasteiger partial charge < -0.3 is 15.2 Å². The van der Waals surface area contributed by atoms with Gasteiger partial charge in [0.2, 0.25) is 6.79 Å². The second-order valence-corrected chi connectivity index (χ2v) is 9.50. The van der Waals surface area contributed by atoms with Crippen LogP contribution in [-0.2, 0) is 0 Å². The Morgan fingerprint density at radius 3 is 2.50 bits per heavy atom. The molecular weight excluding hydrogens is 368 g/mol. The highest BCUT2D eigenvalue weighted by atomic mass is 32.2. The van der Waals surface area contributed by atoms with E-state index in [9.17, 15) is 10.5 Å². The lowest BCUT2D eigenvalue weighted by atomic mass is 9.97. The first kappa shape index (κ1) is 17.4. The normalized spacial score (nSPS) is 32.3. The van der Waals surface area contributed by atoms with E-state index in [2.05, 4.69) is 17.1 Å².